The summed E-state index contributed by atoms with van der Waals surface area (Å²) in [5.41, 5.74) is 6.82. The first kappa shape index (κ1) is 13.1. The van der Waals surface area contributed by atoms with E-state index in [1.54, 1.807) is 11.8 Å². The highest BCUT2D eigenvalue weighted by Gasteiger charge is 2.12. The summed E-state index contributed by atoms with van der Waals surface area (Å²) in [4.78, 5) is 5.56. The Kier molecular flexibility index (Phi) is 4.38. The Morgan fingerprint density at radius 3 is 3.00 bits per heavy atom. The molecule has 5 heteroatoms. The zero-order valence-electron chi connectivity index (χ0n) is 10.6. The number of nitrogens with two attached hydrogens (primary N) is 1. The van der Waals surface area contributed by atoms with E-state index in [0.29, 0.717) is 18.2 Å². The normalized spacial score (nSPS) is 12.6. The molecular formula is C13H17N3OS. The maximum Gasteiger partial charge on any atom is 0.230 e. The van der Waals surface area contributed by atoms with Gasteiger partial charge in [0.2, 0.25) is 5.89 Å². The Morgan fingerprint density at radius 2 is 2.28 bits per heavy atom. The lowest BCUT2D eigenvalue weighted by molar-refractivity contribution is 0.358. The minimum atomic E-state index is 0.121. The predicted octanol–water partition coefficient (Wildman–Crippen LogP) is 2.73. The highest BCUT2D eigenvalue weighted by atomic mass is 32.2. The molecule has 1 aromatic carbocycles. The lowest BCUT2D eigenvalue weighted by Crippen LogP contribution is -2.09. The fraction of sp³-hybridized carbons (Fsp3) is 0.385. The van der Waals surface area contributed by atoms with Crippen LogP contribution in [0, 0.1) is 6.92 Å². The standard InChI is InChI=1S/C13H17N3OS/c1-9-4-3-5-11(6-9)18-8-12-15-13(17-16-12)10(2)7-14/h3-6,10H,7-8,14H2,1-2H3. The van der Waals surface area contributed by atoms with Crippen molar-refractivity contribution in [2.24, 2.45) is 5.73 Å². The molecule has 0 aliphatic rings. The van der Waals surface area contributed by atoms with E-state index in [0.717, 1.165) is 5.82 Å². The monoisotopic (exact) mass is 263 g/mol. The van der Waals surface area contributed by atoms with Crippen molar-refractivity contribution >= 4 is 11.8 Å². The van der Waals surface area contributed by atoms with E-state index in [4.69, 9.17) is 10.3 Å². The summed E-state index contributed by atoms with van der Waals surface area (Å²) in [5.74, 6) is 2.17. The van der Waals surface area contributed by atoms with Gasteiger partial charge >= 0.3 is 0 Å². The third-order valence-electron chi connectivity index (χ3n) is 2.62. The Labute approximate surface area is 111 Å². The summed E-state index contributed by atoms with van der Waals surface area (Å²) in [6, 6.07) is 8.37. The first-order valence-electron chi connectivity index (χ1n) is 5.91. The molecule has 0 aliphatic heterocycles. The molecule has 2 N–H and O–H groups in total. The van der Waals surface area contributed by atoms with Crippen LogP contribution in [0.5, 0.6) is 0 Å². The second kappa shape index (κ2) is 6.02. The lowest BCUT2D eigenvalue weighted by atomic mass is 10.2. The van der Waals surface area contributed by atoms with Crippen LogP contribution in [-0.4, -0.2) is 16.7 Å². The number of hydrogen-bond donors (Lipinski definition) is 1. The van der Waals surface area contributed by atoms with E-state index in [9.17, 15) is 0 Å². The Morgan fingerprint density at radius 1 is 1.44 bits per heavy atom. The van der Waals surface area contributed by atoms with Crippen molar-refractivity contribution in [2.45, 2.75) is 30.4 Å². The van der Waals surface area contributed by atoms with Crippen molar-refractivity contribution in [3.8, 4) is 0 Å². The van der Waals surface area contributed by atoms with Crippen molar-refractivity contribution in [1.29, 1.82) is 0 Å². The van der Waals surface area contributed by atoms with Crippen LogP contribution in [0.2, 0.25) is 0 Å². The molecule has 0 bridgehead atoms. The summed E-state index contributed by atoms with van der Waals surface area (Å²) in [7, 11) is 0. The zero-order chi connectivity index (χ0) is 13.0. The Balaban J connectivity index is 1.96. The van der Waals surface area contributed by atoms with E-state index in [1.807, 2.05) is 6.92 Å². The first-order chi connectivity index (χ1) is 8.69. The number of rotatable bonds is 5. The van der Waals surface area contributed by atoms with Crippen molar-refractivity contribution < 1.29 is 4.52 Å². The van der Waals surface area contributed by atoms with Gasteiger partial charge in [-0.05, 0) is 19.1 Å². The van der Waals surface area contributed by atoms with Gasteiger partial charge in [0.15, 0.2) is 5.82 Å². The van der Waals surface area contributed by atoms with Crippen molar-refractivity contribution in [1.82, 2.24) is 10.1 Å². The highest BCUT2D eigenvalue weighted by Crippen LogP contribution is 2.23. The molecule has 0 saturated carbocycles. The summed E-state index contributed by atoms with van der Waals surface area (Å²) < 4.78 is 5.18. The number of nitrogens with zero attached hydrogens (tertiary/aromatic N) is 2. The zero-order valence-corrected chi connectivity index (χ0v) is 11.4. The topological polar surface area (TPSA) is 64.9 Å². The largest absolute Gasteiger partial charge is 0.339 e. The molecular weight excluding hydrogens is 246 g/mol. The number of aryl methyl sites for hydroxylation is 1. The molecule has 2 rings (SSSR count). The molecule has 0 amide bonds. The SMILES string of the molecule is Cc1cccc(SCc2noc(C(C)CN)n2)c1. The Hall–Kier alpha value is -1.33. The van der Waals surface area contributed by atoms with Crippen LogP contribution >= 0.6 is 11.8 Å². The number of benzene rings is 1. The fourth-order valence-corrected chi connectivity index (χ4v) is 2.34. The van der Waals surface area contributed by atoms with Crippen molar-refractivity contribution in [3.05, 3.63) is 41.5 Å². The van der Waals surface area contributed by atoms with Gasteiger partial charge in [0.1, 0.15) is 0 Å². The fourth-order valence-electron chi connectivity index (χ4n) is 1.48. The smallest absolute Gasteiger partial charge is 0.230 e. The highest BCUT2D eigenvalue weighted by molar-refractivity contribution is 7.98. The quantitative estimate of drug-likeness (QED) is 0.840. The average Bonchev–Trinajstić information content (AvgIpc) is 2.84. The average molecular weight is 263 g/mol. The van der Waals surface area contributed by atoms with Gasteiger partial charge in [-0.2, -0.15) is 4.98 Å². The van der Waals surface area contributed by atoms with Crippen LogP contribution in [0.25, 0.3) is 0 Å². The van der Waals surface area contributed by atoms with Gasteiger partial charge in [0, 0.05) is 17.4 Å². The van der Waals surface area contributed by atoms with Crippen LogP contribution in [0.1, 0.15) is 30.1 Å². The van der Waals surface area contributed by atoms with Crippen LogP contribution in [0.15, 0.2) is 33.7 Å². The lowest BCUT2D eigenvalue weighted by Gasteiger charge is -2.00. The number of aromatic nitrogens is 2. The second-order valence-corrected chi connectivity index (χ2v) is 5.34. The molecule has 1 atom stereocenters. The van der Waals surface area contributed by atoms with Crippen LogP contribution in [0.3, 0.4) is 0 Å². The van der Waals surface area contributed by atoms with Crippen LogP contribution in [-0.2, 0) is 5.75 Å². The summed E-state index contributed by atoms with van der Waals surface area (Å²) in [6.07, 6.45) is 0. The summed E-state index contributed by atoms with van der Waals surface area (Å²) >= 11 is 1.70. The van der Waals surface area contributed by atoms with Crippen molar-refractivity contribution in [2.75, 3.05) is 6.54 Å². The summed E-state index contributed by atoms with van der Waals surface area (Å²) in [5, 5.41) is 3.96. The van der Waals surface area contributed by atoms with E-state index in [-0.39, 0.29) is 5.92 Å². The Bertz CT molecular complexity index is 512. The summed E-state index contributed by atoms with van der Waals surface area (Å²) in [6.45, 7) is 4.58. The molecule has 1 heterocycles. The van der Waals surface area contributed by atoms with E-state index in [2.05, 4.69) is 41.3 Å². The molecule has 18 heavy (non-hydrogen) atoms. The molecule has 1 unspecified atom stereocenters. The third-order valence-corrected chi connectivity index (χ3v) is 3.61. The predicted molar refractivity (Wildman–Crippen MR) is 72.5 cm³/mol. The van der Waals surface area contributed by atoms with Gasteiger partial charge < -0.3 is 10.3 Å². The molecule has 0 aliphatic carbocycles. The second-order valence-electron chi connectivity index (χ2n) is 4.29. The van der Waals surface area contributed by atoms with Gasteiger partial charge in [0.25, 0.3) is 0 Å². The van der Waals surface area contributed by atoms with Gasteiger partial charge in [-0.15, -0.1) is 11.8 Å². The minimum Gasteiger partial charge on any atom is -0.339 e. The minimum absolute atomic E-state index is 0.121. The molecule has 0 radical (unpaired) electrons. The first-order valence-corrected chi connectivity index (χ1v) is 6.89. The molecule has 0 spiro atoms. The molecule has 0 fully saturated rings. The maximum absolute atomic E-state index is 5.56. The van der Waals surface area contributed by atoms with Gasteiger partial charge in [-0.3, -0.25) is 0 Å². The molecule has 96 valence electrons. The molecule has 2 aromatic rings. The van der Waals surface area contributed by atoms with E-state index in [1.165, 1.54) is 10.5 Å². The number of hydrogen-bond acceptors (Lipinski definition) is 5. The van der Waals surface area contributed by atoms with Gasteiger partial charge in [-0.1, -0.05) is 29.8 Å². The molecule has 4 nitrogen and oxygen atoms in total. The maximum atomic E-state index is 5.56. The van der Waals surface area contributed by atoms with Gasteiger partial charge in [0.05, 0.1) is 5.75 Å². The van der Waals surface area contributed by atoms with E-state index >= 15 is 0 Å². The van der Waals surface area contributed by atoms with Crippen molar-refractivity contribution in [3.63, 3.8) is 0 Å². The molecule has 1 aromatic heterocycles. The van der Waals surface area contributed by atoms with Crippen LogP contribution < -0.4 is 5.73 Å². The molecule has 0 saturated heterocycles. The van der Waals surface area contributed by atoms with Gasteiger partial charge in [-0.25, -0.2) is 0 Å². The number of thioether (sulfide) groups is 1. The van der Waals surface area contributed by atoms with Crippen LogP contribution in [0.4, 0.5) is 0 Å². The third kappa shape index (κ3) is 3.34. The van der Waals surface area contributed by atoms with E-state index < -0.39 is 0 Å².